The fraction of sp³-hybridized carbons (Fsp3) is 0.354. The summed E-state index contributed by atoms with van der Waals surface area (Å²) in [6.45, 7) is 7.68. The molecule has 1 atom stereocenters. The van der Waals surface area contributed by atoms with Gasteiger partial charge >= 0.3 is 0 Å². The van der Waals surface area contributed by atoms with Gasteiger partial charge in [-0.25, -0.2) is 0 Å². The molecule has 2 saturated heterocycles. The molecule has 1 unspecified atom stereocenters. The van der Waals surface area contributed by atoms with E-state index in [-0.39, 0.29) is 54.4 Å². The molecule has 15 heteroatoms. The smallest absolute Gasteiger partial charge is 0.264 e. The SMILES string of the molecule is CCC(=C(c1ccc(O)cc1)c1ccc(OCCN2CCN(C(=O)CCOCCOCCNc3cccc4c3C(=O)N(C3CCC(=O)NC3=O)C4=O)CC2)cc1)c1ccc(O)cc1. The van der Waals surface area contributed by atoms with Crippen LogP contribution in [-0.2, 0) is 23.9 Å². The average Bonchev–Trinajstić information content (AvgIpc) is 3.55. The maximum absolute atomic E-state index is 13.3. The Kier molecular flexibility index (Phi) is 14.8. The van der Waals surface area contributed by atoms with Gasteiger partial charge in [0.1, 0.15) is 29.9 Å². The molecule has 4 aromatic carbocycles. The Morgan fingerprint density at radius 1 is 0.746 bits per heavy atom. The fourth-order valence-electron chi connectivity index (χ4n) is 8.12. The van der Waals surface area contributed by atoms with Crippen molar-refractivity contribution in [3.63, 3.8) is 0 Å². The lowest BCUT2D eigenvalue weighted by Crippen LogP contribution is -2.54. The van der Waals surface area contributed by atoms with E-state index >= 15 is 0 Å². The van der Waals surface area contributed by atoms with E-state index < -0.39 is 29.7 Å². The van der Waals surface area contributed by atoms with Crippen molar-refractivity contribution in [3.8, 4) is 17.2 Å². The Morgan fingerprint density at radius 2 is 1.38 bits per heavy atom. The predicted molar refractivity (Wildman–Crippen MR) is 235 cm³/mol. The summed E-state index contributed by atoms with van der Waals surface area (Å²) in [6, 6.07) is 26.3. The number of benzene rings is 4. The zero-order valence-electron chi connectivity index (χ0n) is 35.3. The van der Waals surface area contributed by atoms with Gasteiger partial charge in [-0.3, -0.25) is 39.1 Å². The summed E-state index contributed by atoms with van der Waals surface area (Å²) in [7, 11) is 0. The van der Waals surface area contributed by atoms with E-state index in [1.807, 2.05) is 53.4 Å². The van der Waals surface area contributed by atoms with E-state index in [0.29, 0.717) is 51.7 Å². The van der Waals surface area contributed by atoms with Crippen LogP contribution in [0.3, 0.4) is 0 Å². The lowest BCUT2D eigenvalue weighted by molar-refractivity contribution is -0.136. The minimum absolute atomic E-state index is 0.0491. The maximum atomic E-state index is 13.3. The number of carbonyl (C=O) groups is 5. The fourth-order valence-corrected chi connectivity index (χ4v) is 8.12. The van der Waals surface area contributed by atoms with E-state index in [1.54, 1.807) is 42.5 Å². The molecule has 4 aromatic rings. The third-order valence-corrected chi connectivity index (χ3v) is 11.4. The molecule has 0 spiro atoms. The number of nitrogens with zero attached hydrogens (tertiary/aromatic N) is 3. The van der Waals surface area contributed by atoms with E-state index in [9.17, 15) is 34.2 Å². The molecule has 0 aliphatic carbocycles. The maximum Gasteiger partial charge on any atom is 0.264 e. The number of fused-ring (bicyclic) bond motifs is 1. The highest BCUT2D eigenvalue weighted by Crippen LogP contribution is 2.36. The Morgan fingerprint density at radius 3 is 2.03 bits per heavy atom. The number of ether oxygens (including phenoxy) is 3. The van der Waals surface area contributed by atoms with Crippen LogP contribution in [0.1, 0.15) is 70.0 Å². The van der Waals surface area contributed by atoms with Crippen molar-refractivity contribution in [3.05, 3.63) is 119 Å². The summed E-state index contributed by atoms with van der Waals surface area (Å²) in [5, 5.41) is 25.2. The summed E-state index contributed by atoms with van der Waals surface area (Å²) < 4.78 is 17.4. The van der Waals surface area contributed by atoms with E-state index in [1.165, 1.54) is 0 Å². The first-order chi connectivity index (χ1) is 30.6. The zero-order chi connectivity index (χ0) is 44.3. The number of carbonyl (C=O) groups excluding carboxylic acids is 5. The molecule has 4 N–H and O–H groups in total. The molecule has 3 aliphatic rings. The number of hydrogen-bond donors (Lipinski definition) is 4. The molecule has 2 fully saturated rings. The number of imide groups is 2. The monoisotopic (exact) mass is 859 g/mol. The van der Waals surface area contributed by atoms with E-state index in [0.717, 1.165) is 64.5 Å². The van der Waals surface area contributed by atoms with Gasteiger partial charge in [-0.2, -0.15) is 0 Å². The average molecular weight is 860 g/mol. The second-order valence-electron chi connectivity index (χ2n) is 15.5. The highest BCUT2D eigenvalue weighted by atomic mass is 16.5. The van der Waals surface area contributed by atoms with Crippen LogP contribution < -0.4 is 15.4 Å². The van der Waals surface area contributed by atoms with Gasteiger partial charge in [-0.1, -0.05) is 49.4 Å². The number of phenols is 2. The van der Waals surface area contributed by atoms with E-state index in [4.69, 9.17) is 14.2 Å². The Labute approximate surface area is 366 Å². The molecule has 0 radical (unpaired) electrons. The summed E-state index contributed by atoms with van der Waals surface area (Å²) in [4.78, 5) is 68.2. The first-order valence-corrected chi connectivity index (χ1v) is 21.4. The molecule has 0 bridgehead atoms. The van der Waals surface area contributed by atoms with Crippen LogP contribution in [0.5, 0.6) is 17.2 Å². The van der Waals surface area contributed by atoms with Gasteiger partial charge in [0.05, 0.1) is 44.0 Å². The number of rotatable bonds is 19. The Balaban J connectivity index is 0.770. The van der Waals surface area contributed by atoms with Crippen molar-refractivity contribution in [2.75, 3.05) is 77.6 Å². The normalized spacial score (nSPS) is 17.1. The number of amides is 5. The first kappa shape index (κ1) is 44.5. The molecule has 3 aliphatic heterocycles. The van der Waals surface area contributed by atoms with Gasteiger partial charge < -0.3 is 34.6 Å². The number of anilines is 1. The number of aromatic hydroxyl groups is 2. The molecule has 0 aromatic heterocycles. The van der Waals surface area contributed by atoms with Crippen LogP contribution in [-0.4, -0.2) is 133 Å². The van der Waals surface area contributed by atoms with Crippen LogP contribution >= 0.6 is 0 Å². The molecule has 15 nitrogen and oxygen atoms in total. The second kappa shape index (κ2) is 21.0. The quantitative estimate of drug-likeness (QED) is 0.0567. The molecule has 5 amide bonds. The standard InChI is InChI=1S/C48H53N5O10/c1-2-38(32-6-12-35(54)13-7-32)44(33-8-14-36(55)15-9-33)34-10-16-37(17-11-34)63-29-26-51-22-24-52(25-23-51)43(57)20-27-61-30-31-62-28-21-49-40-5-3-4-39-45(40)48(60)53(47(39)59)41-18-19-42(56)50-46(41)58/h3-17,41,49,54-55H,2,18-31H2,1H3,(H,50,56,58). The minimum atomic E-state index is -1.03. The van der Waals surface area contributed by atoms with Crippen LogP contribution in [0.25, 0.3) is 11.1 Å². The van der Waals surface area contributed by atoms with Gasteiger partial charge in [0, 0.05) is 51.4 Å². The molecule has 7 rings (SSSR count). The van der Waals surface area contributed by atoms with Gasteiger partial charge in [-0.15, -0.1) is 0 Å². The highest BCUT2D eigenvalue weighted by molar-refractivity contribution is 6.25. The van der Waals surface area contributed by atoms with Crippen molar-refractivity contribution < 1.29 is 48.4 Å². The summed E-state index contributed by atoms with van der Waals surface area (Å²) in [6.07, 6.45) is 1.18. The van der Waals surface area contributed by atoms with E-state index in [2.05, 4.69) is 22.5 Å². The Hall–Kier alpha value is -6.55. The first-order valence-electron chi connectivity index (χ1n) is 21.4. The largest absolute Gasteiger partial charge is 0.508 e. The number of phenolic OH excluding ortho intramolecular Hbond substituents is 2. The molecule has 63 heavy (non-hydrogen) atoms. The molecule has 3 heterocycles. The number of hydrogen-bond acceptors (Lipinski definition) is 12. The van der Waals surface area contributed by atoms with Gasteiger partial charge in [0.2, 0.25) is 17.7 Å². The van der Waals surface area contributed by atoms with Crippen molar-refractivity contribution in [2.45, 2.75) is 38.6 Å². The van der Waals surface area contributed by atoms with Gasteiger partial charge in [0.15, 0.2) is 0 Å². The molecule has 330 valence electrons. The van der Waals surface area contributed by atoms with Crippen molar-refractivity contribution in [2.24, 2.45) is 0 Å². The number of piperazine rings is 1. The molecular formula is C48H53N5O10. The summed E-state index contributed by atoms with van der Waals surface area (Å²) in [5.74, 6) is -0.994. The van der Waals surface area contributed by atoms with Gasteiger partial charge in [-0.05, 0) is 89.2 Å². The number of piperidine rings is 1. The van der Waals surface area contributed by atoms with Crippen LogP contribution in [0.4, 0.5) is 5.69 Å². The van der Waals surface area contributed by atoms with Crippen molar-refractivity contribution >= 4 is 46.4 Å². The third-order valence-electron chi connectivity index (χ3n) is 11.4. The summed E-state index contributed by atoms with van der Waals surface area (Å²) in [5.41, 5.74) is 6.02. The lowest BCUT2D eigenvalue weighted by Gasteiger charge is -2.34. The van der Waals surface area contributed by atoms with Gasteiger partial charge in [0.25, 0.3) is 11.8 Å². The van der Waals surface area contributed by atoms with Crippen molar-refractivity contribution in [1.82, 2.24) is 20.0 Å². The minimum Gasteiger partial charge on any atom is -0.508 e. The number of nitrogens with one attached hydrogen (secondary N) is 2. The molecular weight excluding hydrogens is 807 g/mol. The van der Waals surface area contributed by atoms with Crippen LogP contribution in [0.15, 0.2) is 91.0 Å². The zero-order valence-corrected chi connectivity index (χ0v) is 35.3. The lowest BCUT2D eigenvalue weighted by atomic mass is 9.88. The highest BCUT2D eigenvalue weighted by Gasteiger charge is 2.45. The topological polar surface area (TPSA) is 187 Å². The predicted octanol–water partition coefficient (Wildman–Crippen LogP) is 4.93. The van der Waals surface area contributed by atoms with Crippen LogP contribution in [0.2, 0.25) is 0 Å². The second-order valence-corrected chi connectivity index (χ2v) is 15.5. The number of allylic oxidation sites excluding steroid dienone is 1. The van der Waals surface area contributed by atoms with Crippen LogP contribution in [0, 0.1) is 0 Å². The molecule has 0 saturated carbocycles. The van der Waals surface area contributed by atoms with Crippen molar-refractivity contribution in [1.29, 1.82) is 0 Å². The third kappa shape index (κ3) is 10.9. The Bertz CT molecular complexity index is 2310. The summed E-state index contributed by atoms with van der Waals surface area (Å²) >= 11 is 0.